The molecule has 0 aliphatic carbocycles. The summed E-state index contributed by atoms with van der Waals surface area (Å²) in [5.74, 6) is -0.00790. The van der Waals surface area contributed by atoms with Crippen LogP contribution < -0.4 is 5.32 Å². The van der Waals surface area contributed by atoms with E-state index in [0.717, 1.165) is 35.5 Å². The fraction of sp³-hybridized carbons (Fsp3) is 0.412. The van der Waals surface area contributed by atoms with Gasteiger partial charge in [0, 0.05) is 24.3 Å². The van der Waals surface area contributed by atoms with Gasteiger partial charge < -0.3 is 5.32 Å². The summed E-state index contributed by atoms with van der Waals surface area (Å²) in [6, 6.07) is 7.86. The molecule has 0 fully saturated rings. The number of benzene rings is 1. The number of carbonyl (C=O) groups is 1. The van der Waals surface area contributed by atoms with Gasteiger partial charge in [0.05, 0.1) is 5.69 Å². The normalized spacial score (nSPS) is 10.7. The topological polar surface area (TPSA) is 46.9 Å². The van der Waals surface area contributed by atoms with Crippen LogP contribution in [-0.4, -0.2) is 22.2 Å². The number of rotatable bonds is 5. The first-order chi connectivity index (χ1) is 9.97. The van der Waals surface area contributed by atoms with E-state index < -0.39 is 0 Å². The molecule has 1 amide bonds. The first kappa shape index (κ1) is 15.3. The van der Waals surface area contributed by atoms with Crippen molar-refractivity contribution in [2.45, 2.75) is 40.7 Å². The molecule has 21 heavy (non-hydrogen) atoms. The van der Waals surface area contributed by atoms with Crippen LogP contribution in [0.3, 0.4) is 0 Å². The van der Waals surface area contributed by atoms with E-state index in [9.17, 15) is 4.79 Å². The van der Waals surface area contributed by atoms with Crippen LogP contribution >= 0.6 is 0 Å². The minimum absolute atomic E-state index is 0.00790. The molecule has 0 spiro atoms. The Morgan fingerprint density at radius 1 is 1.14 bits per heavy atom. The van der Waals surface area contributed by atoms with Crippen LogP contribution in [0, 0.1) is 27.7 Å². The zero-order chi connectivity index (χ0) is 15.4. The van der Waals surface area contributed by atoms with E-state index in [1.807, 2.05) is 50.6 Å². The molecule has 0 aliphatic rings. The second-order valence-corrected chi connectivity index (χ2v) is 5.56. The lowest BCUT2D eigenvalue weighted by atomic mass is 10.1. The van der Waals surface area contributed by atoms with Gasteiger partial charge in [-0.15, -0.1) is 0 Å². The molecular formula is C17H23N3O. The van der Waals surface area contributed by atoms with Crippen molar-refractivity contribution in [1.82, 2.24) is 15.1 Å². The van der Waals surface area contributed by atoms with Gasteiger partial charge in [0.15, 0.2) is 0 Å². The number of nitrogens with one attached hydrogen (secondary N) is 1. The van der Waals surface area contributed by atoms with Crippen molar-refractivity contribution in [1.29, 1.82) is 0 Å². The summed E-state index contributed by atoms with van der Waals surface area (Å²) in [6.07, 6.45) is 0.874. The van der Waals surface area contributed by atoms with Crippen molar-refractivity contribution < 1.29 is 4.79 Å². The zero-order valence-electron chi connectivity index (χ0n) is 13.2. The number of hydrogen-bond acceptors (Lipinski definition) is 2. The summed E-state index contributed by atoms with van der Waals surface area (Å²) >= 11 is 0. The van der Waals surface area contributed by atoms with E-state index >= 15 is 0 Å². The predicted octanol–water partition coefficient (Wildman–Crippen LogP) is 2.94. The van der Waals surface area contributed by atoms with Crippen LogP contribution in [0.1, 0.15) is 39.3 Å². The Labute approximate surface area is 126 Å². The molecule has 2 aromatic rings. The van der Waals surface area contributed by atoms with Crippen molar-refractivity contribution >= 4 is 5.91 Å². The highest BCUT2D eigenvalue weighted by molar-refractivity contribution is 5.94. The molecule has 2 rings (SSSR count). The predicted molar refractivity (Wildman–Crippen MR) is 84.6 cm³/mol. The van der Waals surface area contributed by atoms with Crippen molar-refractivity contribution in [3.05, 3.63) is 52.3 Å². The molecule has 1 N–H and O–H groups in total. The Kier molecular flexibility index (Phi) is 4.78. The fourth-order valence-electron chi connectivity index (χ4n) is 2.32. The number of hydrogen-bond donors (Lipinski definition) is 1. The van der Waals surface area contributed by atoms with Gasteiger partial charge in [0.1, 0.15) is 0 Å². The molecule has 4 heteroatoms. The number of nitrogens with zero attached hydrogens (tertiary/aromatic N) is 2. The molecule has 112 valence electrons. The highest BCUT2D eigenvalue weighted by Crippen LogP contribution is 2.09. The third kappa shape index (κ3) is 3.94. The Hall–Kier alpha value is -2.10. The van der Waals surface area contributed by atoms with Gasteiger partial charge in [0.2, 0.25) is 0 Å². The van der Waals surface area contributed by atoms with Crippen molar-refractivity contribution in [2.75, 3.05) is 6.54 Å². The van der Waals surface area contributed by atoms with Crippen LogP contribution in [0.5, 0.6) is 0 Å². The summed E-state index contributed by atoms with van der Waals surface area (Å²) in [5.41, 5.74) is 5.27. The van der Waals surface area contributed by atoms with E-state index in [0.29, 0.717) is 6.54 Å². The molecule has 1 aromatic carbocycles. The molecule has 1 heterocycles. The lowest BCUT2D eigenvalue weighted by molar-refractivity contribution is 0.0952. The Balaban J connectivity index is 1.81. The summed E-state index contributed by atoms with van der Waals surface area (Å²) in [5, 5.41) is 7.37. The second-order valence-electron chi connectivity index (χ2n) is 5.56. The van der Waals surface area contributed by atoms with Crippen LogP contribution in [0.15, 0.2) is 24.3 Å². The summed E-state index contributed by atoms with van der Waals surface area (Å²) in [4.78, 5) is 12.1. The Morgan fingerprint density at radius 2 is 1.90 bits per heavy atom. The standard InChI is InChI=1S/C17H23N3O/c1-12-6-7-16(10-13(12)2)17(21)18-8-5-9-20-15(4)11-14(3)19-20/h6-7,10-11H,5,8-9H2,1-4H3,(H,18,21). The highest BCUT2D eigenvalue weighted by atomic mass is 16.1. The second kappa shape index (κ2) is 6.57. The van der Waals surface area contributed by atoms with Crippen molar-refractivity contribution in [2.24, 2.45) is 0 Å². The van der Waals surface area contributed by atoms with Crippen molar-refractivity contribution in [3.8, 4) is 0 Å². The molecule has 0 saturated heterocycles. The molecule has 0 atom stereocenters. The van der Waals surface area contributed by atoms with Gasteiger partial charge in [-0.25, -0.2) is 0 Å². The quantitative estimate of drug-likeness (QED) is 0.859. The van der Waals surface area contributed by atoms with Crippen LogP contribution in [-0.2, 0) is 6.54 Å². The van der Waals surface area contributed by atoms with Gasteiger partial charge in [-0.2, -0.15) is 5.10 Å². The van der Waals surface area contributed by atoms with Gasteiger partial charge in [-0.3, -0.25) is 9.48 Å². The third-order valence-electron chi connectivity index (χ3n) is 3.70. The molecule has 0 unspecified atom stereocenters. The molecule has 1 aromatic heterocycles. The minimum Gasteiger partial charge on any atom is -0.352 e. The van der Waals surface area contributed by atoms with Gasteiger partial charge in [0.25, 0.3) is 5.91 Å². The third-order valence-corrected chi connectivity index (χ3v) is 3.70. The Bertz CT molecular complexity index is 643. The number of carbonyl (C=O) groups excluding carboxylic acids is 1. The smallest absolute Gasteiger partial charge is 0.251 e. The van der Waals surface area contributed by atoms with Crippen LogP contribution in [0.2, 0.25) is 0 Å². The molecule has 0 saturated carbocycles. The van der Waals surface area contributed by atoms with E-state index in [1.165, 1.54) is 5.56 Å². The maximum absolute atomic E-state index is 12.1. The lowest BCUT2D eigenvalue weighted by Gasteiger charge is -2.08. The van der Waals surface area contributed by atoms with E-state index in [4.69, 9.17) is 0 Å². The molecule has 0 radical (unpaired) electrons. The summed E-state index contributed by atoms with van der Waals surface area (Å²) in [6.45, 7) is 9.59. The molecule has 4 nitrogen and oxygen atoms in total. The fourth-order valence-corrected chi connectivity index (χ4v) is 2.32. The first-order valence-electron chi connectivity index (χ1n) is 7.34. The van der Waals surface area contributed by atoms with Gasteiger partial charge in [-0.05, 0) is 63.4 Å². The first-order valence-corrected chi connectivity index (χ1v) is 7.34. The highest BCUT2D eigenvalue weighted by Gasteiger charge is 2.06. The maximum Gasteiger partial charge on any atom is 0.251 e. The Morgan fingerprint density at radius 3 is 2.52 bits per heavy atom. The number of aryl methyl sites for hydroxylation is 5. The largest absolute Gasteiger partial charge is 0.352 e. The van der Waals surface area contributed by atoms with E-state index in [-0.39, 0.29) is 5.91 Å². The summed E-state index contributed by atoms with van der Waals surface area (Å²) < 4.78 is 1.98. The average Bonchev–Trinajstić information content (AvgIpc) is 2.76. The van der Waals surface area contributed by atoms with Crippen molar-refractivity contribution in [3.63, 3.8) is 0 Å². The monoisotopic (exact) mass is 285 g/mol. The lowest BCUT2D eigenvalue weighted by Crippen LogP contribution is -2.25. The molecule has 0 aliphatic heterocycles. The SMILES string of the molecule is Cc1cc(C)n(CCCNC(=O)c2ccc(C)c(C)c2)n1. The number of amides is 1. The van der Waals surface area contributed by atoms with Gasteiger partial charge >= 0.3 is 0 Å². The van der Waals surface area contributed by atoms with Crippen LogP contribution in [0.25, 0.3) is 0 Å². The average molecular weight is 285 g/mol. The van der Waals surface area contributed by atoms with Gasteiger partial charge in [-0.1, -0.05) is 6.07 Å². The van der Waals surface area contributed by atoms with Crippen LogP contribution in [0.4, 0.5) is 0 Å². The maximum atomic E-state index is 12.1. The molecular weight excluding hydrogens is 262 g/mol. The van der Waals surface area contributed by atoms with E-state index in [1.54, 1.807) is 0 Å². The summed E-state index contributed by atoms with van der Waals surface area (Å²) in [7, 11) is 0. The zero-order valence-corrected chi connectivity index (χ0v) is 13.2. The number of aromatic nitrogens is 2. The minimum atomic E-state index is -0.00790. The van der Waals surface area contributed by atoms with E-state index in [2.05, 4.69) is 16.5 Å². The molecule has 0 bridgehead atoms.